The first-order valence-corrected chi connectivity index (χ1v) is 9.30. The topological polar surface area (TPSA) is 46.1 Å². The summed E-state index contributed by atoms with van der Waals surface area (Å²) in [6.45, 7) is 7.50. The number of aryl methyl sites for hydroxylation is 1. The first-order valence-electron chi connectivity index (χ1n) is 9.30. The molecular formula is C21H26N4. The molecule has 3 fully saturated rings. The van der Waals surface area contributed by atoms with E-state index in [-0.39, 0.29) is 0 Å². The normalized spacial score (nSPS) is 24.2. The van der Waals surface area contributed by atoms with Crippen LogP contribution in [0.2, 0.25) is 0 Å². The molecular weight excluding hydrogens is 308 g/mol. The van der Waals surface area contributed by atoms with Gasteiger partial charge in [0.2, 0.25) is 0 Å². The van der Waals surface area contributed by atoms with Gasteiger partial charge in [0.1, 0.15) is 6.07 Å². The Labute approximate surface area is 150 Å². The Balaban J connectivity index is 1.45. The maximum atomic E-state index is 9.17. The SMILES string of the molecule is Cc1[nH]c(CN2C[C@H]3CC[C@@H]2CN(Cc2ccccc2)C3)cc1C#N. The summed E-state index contributed by atoms with van der Waals surface area (Å²) >= 11 is 0. The highest BCUT2D eigenvalue weighted by atomic mass is 15.3. The lowest BCUT2D eigenvalue weighted by atomic mass is 9.95. The monoisotopic (exact) mass is 334 g/mol. The molecule has 3 aliphatic heterocycles. The largest absolute Gasteiger partial charge is 0.360 e. The Kier molecular flexibility index (Phi) is 4.61. The fourth-order valence-electron chi connectivity index (χ4n) is 4.49. The van der Waals surface area contributed by atoms with Crippen LogP contribution in [-0.2, 0) is 13.1 Å². The van der Waals surface area contributed by atoms with E-state index in [0.29, 0.717) is 6.04 Å². The number of hydrogen-bond donors (Lipinski definition) is 1. The lowest BCUT2D eigenvalue weighted by Gasteiger charge is -2.35. The summed E-state index contributed by atoms with van der Waals surface area (Å²) in [5, 5.41) is 9.17. The zero-order valence-corrected chi connectivity index (χ0v) is 14.9. The maximum Gasteiger partial charge on any atom is 0.101 e. The zero-order valence-electron chi connectivity index (χ0n) is 14.9. The molecule has 25 heavy (non-hydrogen) atoms. The van der Waals surface area contributed by atoms with Crippen LogP contribution in [-0.4, -0.2) is 40.5 Å². The molecule has 3 aliphatic rings. The van der Waals surface area contributed by atoms with Crippen LogP contribution >= 0.6 is 0 Å². The van der Waals surface area contributed by atoms with Gasteiger partial charge in [-0.3, -0.25) is 9.80 Å². The van der Waals surface area contributed by atoms with Crippen LogP contribution in [0, 0.1) is 24.2 Å². The second-order valence-corrected chi connectivity index (χ2v) is 7.65. The lowest BCUT2D eigenvalue weighted by Crippen LogP contribution is -2.43. The van der Waals surface area contributed by atoms with Gasteiger partial charge in [-0.15, -0.1) is 0 Å². The van der Waals surface area contributed by atoms with Crippen LogP contribution in [0.3, 0.4) is 0 Å². The van der Waals surface area contributed by atoms with Crippen LogP contribution in [0.15, 0.2) is 36.4 Å². The van der Waals surface area contributed by atoms with Crippen molar-refractivity contribution in [3.05, 3.63) is 58.9 Å². The van der Waals surface area contributed by atoms with Crippen LogP contribution in [0.5, 0.6) is 0 Å². The highest BCUT2D eigenvalue weighted by Crippen LogP contribution is 2.30. The molecule has 0 saturated carbocycles. The summed E-state index contributed by atoms with van der Waals surface area (Å²) in [7, 11) is 0. The van der Waals surface area contributed by atoms with E-state index in [9.17, 15) is 5.26 Å². The number of nitriles is 1. The second kappa shape index (κ2) is 7.03. The van der Waals surface area contributed by atoms with Crippen molar-refractivity contribution in [2.45, 2.75) is 38.9 Å². The van der Waals surface area contributed by atoms with Crippen LogP contribution < -0.4 is 0 Å². The molecule has 0 aliphatic carbocycles. The van der Waals surface area contributed by atoms with E-state index < -0.39 is 0 Å². The molecule has 0 unspecified atom stereocenters. The average Bonchev–Trinajstić information content (AvgIpc) is 2.77. The number of piperidine rings is 1. The van der Waals surface area contributed by atoms with Gasteiger partial charge in [-0.1, -0.05) is 30.3 Å². The van der Waals surface area contributed by atoms with Gasteiger partial charge >= 0.3 is 0 Å². The molecule has 3 saturated heterocycles. The van der Waals surface area contributed by atoms with Gasteiger partial charge in [0.25, 0.3) is 0 Å². The van der Waals surface area contributed by atoms with Crippen molar-refractivity contribution in [2.75, 3.05) is 19.6 Å². The molecule has 1 N–H and O–H groups in total. The van der Waals surface area contributed by atoms with E-state index in [0.717, 1.165) is 36.8 Å². The number of aromatic amines is 1. The van der Waals surface area contributed by atoms with Gasteiger partial charge in [0, 0.05) is 50.2 Å². The van der Waals surface area contributed by atoms with Crippen molar-refractivity contribution in [1.82, 2.24) is 14.8 Å². The molecule has 0 spiro atoms. The summed E-state index contributed by atoms with van der Waals surface area (Å²) in [5.74, 6) is 0.758. The van der Waals surface area contributed by atoms with E-state index in [4.69, 9.17) is 0 Å². The Bertz CT molecular complexity index is 758. The third-order valence-electron chi connectivity index (χ3n) is 5.72. The van der Waals surface area contributed by atoms with Crippen LogP contribution in [0.4, 0.5) is 0 Å². The van der Waals surface area contributed by atoms with Crippen molar-refractivity contribution in [3.63, 3.8) is 0 Å². The Morgan fingerprint density at radius 2 is 1.96 bits per heavy atom. The predicted molar refractivity (Wildman–Crippen MR) is 98.9 cm³/mol. The van der Waals surface area contributed by atoms with E-state index in [1.165, 1.54) is 37.2 Å². The van der Waals surface area contributed by atoms with Gasteiger partial charge < -0.3 is 4.98 Å². The second-order valence-electron chi connectivity index (χ2n) is 7.65. The zero-order chi connectivity index (χ0) is 17.2. The van der Waals surface area contributed by atoms with Crippen molar-refractivity contribution in [2.24, 2.45) is 5.92 Å². The molecule has 0 amide bonds. The lowest BCUT2D eigenvalue weighted by molar-refractivity contribution is 0.122. The number of rotatable bonds is 4. The number of H-pyrrole nitrogens is 1. The summed E-state index contributed by atoms with van der Waals surface area (Å²) < 4.78 is 0. The summed E-state index contributed by atoms with van der Waals surface area (Å²) in [5.41, 5.74) is 4.36. The molecule has 4 nitrogen and oxygen atoms in total. The van der Waals surface area contributed by atoms with Gasteiger partial charge in [0.15, 0.2) is 0 Å². The maximum absolute atomic E-state index is 9.17. The van der Waals surface area contributed by atoms with E-state index in [2.05, 4.69) is 51.2 Å². The molecule has 2 aromatic rings. The standard InChI is InChI=1S/C21H26N4/c1-16-19(10-22)9-20(23-16)14-25-13-18-7-8-21(25)15-24(12-18)11-17-5-3-2-4-6-17/h2-6,9,18,21,23H,7-8,11-15H2,1H3/t18-,21+/m0/s1. The molecule has 2 atom stereocenters. The molecule has 1 aromatic carbocycles. The molecule has 5 rings (SSSR count). The highest BCUT2D eigenvalue weighted by molar-refractivity contribution is 5.36. The van der Waals surface area contributed by atoms with Crippen LogP contribution in [0.25, 0.3) is 0 Å². The average molecular weight is 334 g/mol. The number of nitrogens with zero attached hydrogens (tertiary/aromatic N) is 3. The predicted octanol–water partition coefficient (Wildman–Crippen LogP) is 3.29. The Morgan fingerprint density at radius 1 is 1.12 bits per heavy atom. The summed E-state index contributed by atoms with van der Waals surface area (Å²) in [4.78, 5) is 8.66. The van der Waals surface area contributed by atoms with Crippen molar-refractivity contribution < 1.29 is 0 Å². The smallest absolute Gasteiger partial charge is 0.101 e. The number of nitrogens with one attached hydrogen (secondary N) is 1. The van der Waals surface area contributed by atoms with Gasteiger partial charge in [0.05, 0.1) is 5.56 Å². The van der Waals surface area contributed by atoms with Crippen LogP contribution in [0.1, 0.15) is 35.4 Å². The number of benzene rings is 1. The molecule has 4 heteroatoms. The fourth-order valence-corrected chi connectivity index (χ4v) is 4.49. The van der Waals surface area contributed by atoms with Crippen molar-refractivity contribution in [1.29, 1.82) is 5.26 Å². The van der Waals surface area contributed by atoms with E-state index in [1.54, 1.807) is 0 Å². The minimum atomic E-state index is 0.622. The van der Waals surface area contributed by atoms with Crippen molar-refractivity contribution in [3.8, 4) is 6.07 Å². The molecule has 2 bridgehead atoms. The van der Waals surface area contributed by atoms with Gasteiger partial charge in [-0.25, -0.2) is 0 Å². The summed E-state index contributed by atoms with van der Waals surface area (Å²) in [6, 6.07) is 15.7. The number of fused-ring (bicyclic) bond motifs is 4. The van der Waals surface area contributed by atoms with E-state index in [1.807, 2.05) is 13.0 Å². The number of hydrogen-bond acceptors (Lipinski definition) is 3. The molecule has 0 radical (unpaired) electrons. The van der Waals surface area contributed by atoms with E-state index >= 15 is 0 Å². The first kappa shape index (κ1) is 16.4. The molecule has 130 valence electrons. The quantitative estimate of drug-likeness (QED) is 0.933. The highest BCUT2D eigenvalue weighted by Gasteiger charge is 2.34. The summed E-state index contributed by atoms with van der Waals surface area (Å²) in [6.07, 6.45) is 2.64. The Morgan fingerprint density at radius 3 is 2.72 bits per heavy atom. The third-order valence-corrected chi connectivity index (χ3v) is 5.72. The minimum Gasteiger partial charge on any atom is -0.360 e. The Hall–Kier alpha value is -2.09. The fraction of sp³-hybridized carbons (Fsp3) is 0.476. The minimum absolute atomic E-state index is 0.622. The molecule has 4 heterocycles. The third kappa shape index (κ3) is 3.63. The number of aromatic nitrogens is 1. The van der Waals surface area contributed by atoms with Crippen molar-refractivity contribution >= 4 is 0 Å². The van der Waals surface area contributed by atoms with Gasteiger partial charge in [-0.05, 0) is 37.3 Å². The molecule has 1 aromatic heterocycles. The first-order chi connectivity index (χ1) is 12.2. The van der Waals surface area contributed by atoms with Gasteiger partial charge in [-0.2, -0.15) is 5.26 Å².